The molecule has 0 amide bonds. The van der Waals surface area contributed by atoms with Gasteiger partial charge < -0.3 is 5.11 Å². The molecule has 2 fully saturated rings. The Kier molecular flexibility index (Phi) is 3.35. The summed E-state index contributed by atoms with van der Waals surface area (Å²) in [7, 11) is 0. The van der Waals surface area contributed by atoms with Gasteiger partial charge in [-0.05, 0) is 42.4 Å². The lowest BCUT2D eigenvalue weighted by Crippen LogP contribution is -2.53. The van der Waals surface area contributed by atoms with Crippen molar-refractivity contribution in [3.63, 3.8) is 0 Å². The van der Waals surface area contributed by atoms with Gasteiger partial charge in [-0.15, -0.1) is 0 Å². The Morgan fingerprint density at radius 2 is 1.94 bits per heavy atom. The molecule has 0 aliphatic heterocycles. The van der Waals surface area contributed by atoms with Crippen molar-refractivity contribution >= 4 is 12.6 Å². The van der Waals surface area contributed by atoms with Crippen LogP contribution in [0.25, 0.3) is 0 Å². The van der Waals surface area contributed by atoms with Gasteiger partial charge >= 0.3 is 0 Å². The van der Waals surface area contributed by atoms with Crippen molar-refractivity contribution in [2.24, 2.45) is 23.2 Å². The van der Waals surface area contributed by atoms with Crippen molar-refractivity contribution in [2.75, 3.05) is 6.61 Å². The molecular weight excluding hydrogens is 216 g/mol. The SMILES string of the molecule is CC1CCC2C(C)(S)CCCC2(C)C1CO. The fourth-order valence-corrected chi connectivity index (χ4v) is 5.22. The molecular formula is C14H26OS. The first-order valence-corrected chi connectivity index (χ1v) is 7.20. The van der Waals surface area contributed by atoms with Crippen LogP contribution in [-0.4, -0.2) is 16.5 Å². The number of hydrogen-bond donors (Lipinski definition) is 2. The number of thiol groups is 1. The average Bonchev–Trinajstić information content (AvgIpc) is 2.15. The highest BCUT2D eigenvalue weighted by Gasteiger charge is 2.53. The van der Waals surface area contributed by atoms with Crippen LogP contribution >= 0.6 is 12.6 Å². The van der Waals surface area contributed by atoms with Crippen molar-refractivity contribution in [3.8, 4) is 0 Å². The van der Waals surface area contributed by atoms with Gasteiger partial charge in [0.15, 0.2) is 0 Å². The van der Waals surface area contributed by atoms with E-state index in [2.05, 4.69) is 20.8 Å². The zero-order valence-electron chi connectivity index (χ0n) is 10.9. The van der Waals surface area contributed by atoms with Crippen LogP contribution in [0.15, 0.2) is 0 Å². The fourth-order valence-electron chi connectivity index (χ4n) is 4.64. The predicted octanol–water partition coefficient (Wildman–Crippen LogP) is 3.52. The highest BCUT2D eigenvalue weighted by atomic mass is 32.1. The Hall–Kier alpha value is 0.310. The van der Waals surface area contributed by atoms with E-state index in [9.17, 15) is 5.11 Å². The molecule has 0 spiro atoms. The molecule has 1 N–H and O–H groups in total. The summed E-state index contributed by atoms with van der Waals surface area (Å²) in [6.45, 7) is 7.38. The van der Waals surface area contributed by atoms with Gasteiger partial charge in [0.25, 0.3) is 0 Å². The van der Waals surface area contributed by atoms with E-state index in [0.29, 0.717) is 29.8 Å². The van der Waals surface area contributed by atoms with Gasteiger partial charge in [0.05, 0.1) is 0 Å². The normalized spacial score (nSPS) is 53.4. The van der Waals surface area contributed by atoms with E-state index < -0.39 is 0 Å². The number of aliphatic hydroxyl groups is 1. The molecule has 0 aromatic rings. The maximum Gasteiger partial charge on any atom is 0.0467 e. The topological polar surface area (TPSA) is 20.2 Å². The second-order valence-electron chi connectivity index (χ2n) is 6.61. The van der Waals surface area contributed by atoms with Crippen LogP contribution in [0.2, 0.25) is 0 Å². The summed E-state index contributed by atoms with van der Waals surface area (Å²) < 4.78 is 0.181. The second kappa shape index (κ2) is 4.20. The second-order valence-corrected chi connectivity index (χ2v) is 7.63. The fraction of sp³-hybridized carbons (Fsp3) is 1.00. The molecule has 2 saturated carbocycles. The maximum atomic E-state index is 9.71. The zero-order valence-corrected chi connectivity index (χ0v) is 11.8. The third kappa shape index (κ3) is 1.82. The van der Waals surface area contributed by atoms with Gasteiger partial charge in [-0.1, -0.05) is 33.6 Å². The third-order valence-electron chi connectivity index (χ3n) is 5.59. The lowest BCUT2D eigenvalue weighted by Gasteiger charge is -2.58. The van der Waals surface area contributed by atoms with Crippen LogP contribution in [0.1, 0.15) is 52.9 Å². The largest absolute Gasteiger partial charge is 0.396 e. The van der Waals surface area contributed by atoms with Gasteiger partial charge in [0.2, 0.25) is 0 Å². The molecule has 0 aromatic heterocycles. The molecule has 2 rings (SSSR count). The van der Waals surface area contributed by atoms with E-state index in [4.69, 9.17) is 12.6 Å². The molecule has 2 heteroatoms. The van der Waals surface area contributed by atoms with E-state index in [1.807, 2.05) is 0 Å². The Bertz CT molecular complexity index is 263. The van der Waals surface area contributed by atoms with E-state index in [-0.39, 0.29) is 4.75 Å². The summed E-state index contributed by atoms with van der Waals surface area (Å²) in [5, 5.41) is 9.71. The summed E-state index contributed by atoms with van der Waals surface area (Å²) in [5.74, 6) is 1.84. The first-order valence-electron chi connectivity index (χ1n) is 6.75. The molecule has 2 aliphatic rings. The molecule has 0 heterocycles. The molecule has 94 valence electrons. The Morgan fingerprint density at radius 1 is 1.25 bits per heavy atom. The predicted molar refractivity (Wildman–Crippen MR) is 71.8 cm³/mol. The van der Waals surface area contributed by atoms with E-state index in [1.165, 1.54) is 32.1 Å². The lowest BCUT2D eigenvalue weighted by atomic mass is 9.50. The zero-order chi connectivity index (χ0) is 12.0. The van der Waals surface area contributed by atoms with Crippen molar-refractivity contribution in [1.29, 1.82) is 0 Å². The number of rotatable bonds is 1. The Balaban J connectivity index is 2.31. The van der Waals surface area contributed by atoms with E-state index >= 15 is 0 Å². The van der Waals surface area contributed by atoms with Crippen molar-refractivity contribution in [1.82, 2.24) is 0 Å². The lowest BCUT2D eigenvalue weighted by molar-refractivity contribution is -0.0669. The number of aliphatic hydroxyl groups excluding tert-OH is 1. The first kappa shape index (κ1) is 12.8. The molecule has 0 aromatic carbocycles. The molecule has 5 unspecified atom stereocenters. The van der Waals surface area contributed by atoms with Crippen LogP contribution in [0.3, 0.4) is 0 Å². The van der Waals surface area contributed by atoms with Crippen LogP contribution < -0.4 is 0 Å². The van der Waals surface area contributed by atoms with Gasteiger partial charge in [0, 0.05) is 11.4 Å². The van der Waals surface area contributed by atoms with Crippen molar-refractivity contribution < 1.29 is 5.11 Å². The Morgan fingerprint density at radius 3 is 2.56 bits per heavy atom. The van der Waals surface area contributed by atoms with Crippen LogP contribution in [-0.2, 0) is 0 Å². The summed E-state index contributed by atoms with van der Waals surface area (Å²) in [6, 6.07) is 0. The van der Waals surface area contributed by atoms with Gasteiger partial charge in [-0.25, -0.2) is 0 Å². The van der Waals surface area contributed by atoms with E-state index in [0.717, 1.165) is 0 Å². The maximum absolute atomic E-state index is 9.71. The van der Waals surface area contributed by atoms with Crippen molar-refractivity contribution in [3.05, 3.63) is 0 Å². The number of hydrogen-bond acceptors (Lipinski definition) is 2. The average molecular weight is 242 g/mol. The molecule has 2 aliphatic carbocycles. The van der Waals surface area contributed by atoms with Crippen LogP contribution in [0.5, 0.6) is 0 Å². The van der Waals surface area contributed by atoms with Gasteiger partial charge in [-0.3, -0.25) is 0 Å². The minimum Gasteiger partial charge on any atom is -0.396 e. The quantitative estimate of drug-likeness (QED) is 0.674. The van der Waals surface area contributed by atoms with Gasteiger partial charge in [-0.2, -0.15) is 12.6 Å². The summed E-state index contributed by atoms with van der Waals surface area (Å²) in [5.41, 5.74) is 0.321. The molecule has 16 heavy (non-hydrogen) atoms. The minimum absolute atomic E-state index is 0.181. The third-order valence-corrected chi connectivity index (χ3v) is 6.12. The molecule has 0 saturated heterocycles. The monoisotopic (exact) mass is 242 g/mol. The standard InChI is InChI=1S/C14H26OS/c1-10-5-6-12-13(2,11(10)9-15)7-4-8-14(12,3)16/h10-12,15-16H,4-9H2,1-3H3. The van der Waals surface area contributed by atoms with Crippen molar-refractivity contribution in [2.45, 2.75) is 57.6 Å². The van der Waals surface area contributed by atoms with Crippen LogP contribution in [0.4, 0.5) is 0 Å². The minimum atomic E-state index is 0.181. The highest BCUT2D eigenvalue weighted by Crippen LogP contribution is 2.59. The molecule has 0 bridgehead atoms. The van der Waals surface area contributed by atoms with E-state index in [1.54, 1.807) is 0 Å². The first-order chi connectivity index (χ1) is 7.42. The Labute approximate surface area is 105 Å². The van der Waals surface area contributed by atoms with Crippen LogP contribution in [0, 0.1) is 23.2 Å². The molecule has 1 nitrogen and oxygen atoms in total. The molecule has 5 atom stereocenters. The number of fused-ring (bicyclic) bond motifs is 1. The smallest absolute Gasteiger partial charge is 0.0467 e. The van der Waals surface area contributed by atoms with Gasteiger partial charge in [0.1, 0.15) is 0 Å². The summed E-state index contributed by atoms with van der Waals surface area (Å²) in [4.78, 5) is 0. The highest BCUT2D eigenvalue weighted by molar-refractivity contribution is 7.81. The summed E-state index contributed by atoms with van der Waals surface area (Å²) in [6.07, 6.45) is 6.36. The molecule has 0 radical (unpaired) electrons. The summed E-state index contributed by atoms with van der Waals surface area (Å²) >= 11 is 4.92.